The van der Waals surface area contributed by atoms with Gasteiger partial charge < -0.3 is 9.80 Å². The highest BCUT2D eigenvalue weighted by Gasteiger charge is 2.36. The number of carbonyl (C=O) groups is 2. The molecule has 0 aliphatic carbocycles. The Morgan fingerprint density at radius 1 is 1.15 bits per heavy atom. The predicted molar refractivity (Wildman–Crippen MR) is 99.3 cm³/mol. The Hall–Kier alpha value is -2.69. The molecule has 0 saturated carbocycles. The van der Waals surface area contributed by atoms with Crippen LogP contribution in [0.5, 0.6) is 0 Å². The van der Waals surface area contributed by atoms with Crippen LogP contribution in [0.25, 0.3) is 0 Å². The van der Waals surface area contributed by atoms with Crippen molar-refractivity contribution in [3.05, 3.63) is 66.0 Å². The fourth-order valence-electron chi connectivity index (χ4n) is 3.36. The van der Waals surface area contributed by atoms with Gasteiger partial charge in [-0.2, -0.15) is 0 Å². The molecule has 1 unspecified atom stereocenters. The molecule has 1 heterocycles. The molecule has 1 saturated heterocycles. The van der Waals surface area contributed by atoms with Gasteiger partial charge in [0.25, 0.3) is 0 Å². The molecule has 0 radical (unpaired) electrons. The van der Waals surface area contributed by atoms with Crippen LogP contribution in [-0.2, 0) is 16.0 Å². The van der Waals surface area contributed by atoms with Crippen molar-refractivity contribution in [2.45, 2.75) is 19.8 Å². The Bertz CT molecular complexity index is 761. The standard InChI is InChI=1S/C21H23FN2O2/c1-2-24(19-6-4-3-5-7-19)21(26)17-14-20(25)23(15-17)13-12-16-8-10-18(22)11-9-16/h3-11,17H,2,12-15H2,1H3. The number of hydrogen-bond donors (Lipinski definition) is 0. The number of para-hydroxylation sites is 1. The molecule has 3 rings (SSSR count). The summed E-state index contributed by atoms with van der Waals surface area (Å²) in [4.78, 5) is 28.7. The van der Waals surface area contributed by atoms with Crippen LogP contribution in [0.3, 0.4) is 0 Å². The van der Waals surface area contributed by atoms with Crippen LogP contribution in [0.4, 0.5) is 10.1 Å². The Morgan fingerprint density at radius 3 is 2.50 bits per heavy atom. The van der Waals surface area contributed by atoms with E-state index in [-0.39, 0.29) is 30.0 Å². The normalized spacial score (nSPS) is 16.8. The maximum absolute atomic E-state index is 13.0. The highest BCUT2D eigenvalue weighted by atomic mass is 19.1. The zero-order valence-electron chi connectivity index (χ0n) is 14.9. The van der Waals surface area contributed by atoms with Gasteiger partial charge in [0.1, 0.15) is 5.82 Å². The van der Waals surface area contributed by atoms with Gasteiger partial charge in [0.2, 0.25) is 11.8 Å². The lowest BCUT2D eigenvalue weighted by Gasteiger charge is -2.24. The monoisotopic (exact) mass is 354 g/mol. The summed E-state index contributed by atoms with van der Waals surface area (Å²) in [5, 5.41) is 0. The molecule has 1 aliphatic rings. The highest BCUT2D eigenvalue weighted by molar-refractivity contribution is 5.99. The molecular weight excluding hydrogens is 331 g/mol. The van der Waals surface area contributed by atoms with Crippen LogP contribution in [0.15, 0.2) is 54.6 Å². The SMILES string of the molecule is CCN(C(=O)C1CC(=O)N(CCc2ccc(F)cc2)C1)c1ccccc1. The van der Waals surface area contributed by atoms with Gasteiger partial charge in [-0.3, -0.25) is 9.59 Å². The molecule has 0 bridgehead atoms. The zero-order chi connectivity index (χ0) is 18.5. The predicted octanol–water partition coefficient (Wildman–Crippen LogP) is 3.27. The van der Waals surface area contributed by atoms with Gasteiger partial charge in [0.15, 0.2) is 0 Å². The summed E-state index contributed by atoms with van der Waals surface area (Å²) in [6, 6.07) is 15.8. The minimum Gasteiger partial charge on any atom is -0.342 e. The number of hydrogen-bond acceptors (Lipinski definition) is 2. The molecule has 0 aromatic heterocycles. The van der Waals surface area contributed by atoms with Crippen LogP contribution in [0, 0.1) is 11.7 Å². The fraction of sp³-hybridized carbons (Fsp3) is 0.333. The van der Waals surface area contributed by atoms with Gasteiger partial charge in [-0.25, -0.2) is 4.39 Å². The smallest absolute Gasteiger partial charge is 0.232 e. The van der Waals surface area contributed by atoms with Gasteiger partial charge in [-0.15, -0.1) is 0 Å². The molecule has 1 aliphatic heterocycles. The third-order valence-corrected chi connectivity index (χ3v) is 4.80. The second-order valence-corrected chi connectivity index (χ2v) is 6.54. The molecule has 0 spiro atoms. The molecule has 2 aromatic rings. The number of anilines is 1. The topological polar surface area (TPSA) is 40.6 Å². The van der Waals surface area contributed by atoms with Gasteiger partial charge in [0, 0.05) is 31.7 Å². The molecule has 0 N–H and O–H groups in total. The first-order chi connectivity index (χ1) is 12.6. The van der Waals surface area contributed by atoms with Crippen LogP contribution in [-0.4, -0.2) is 36.3 Å². The number of nitrogens with zero attached hydrogens (tertiary/aromatic N) is 2. The van der Waals surface area contributed by atoms with Crippen molar-refractivity contribution in [2.24, 2.45) is 5.92 Å². The maximum atomic E-state index is 13.0. The Balaban J connectivity index is 1.61. The lowest BCUT2D eigenvalue weighted by molar-refractivity contribution is -0.128. The summed E-state index contributed by atoms with van der Waals surface area (Å²) in [5.41, 5.74) is 1.84. The number of carbonyl (C=O) groups excluding carboxylic acids is 2. The Labute approximate surface area is 153 Å². The lowest BCUT2D eigenvalue weighted by atomic mass is 10.1. The quantitative estimate of drug-likeness (QED) is 0.799. The van der Waals surface area contributed by atoms with E-state index in [1.165, 1.54) is 12.1 Å². The first-order valence-corrected chi connectivity index (χ1v) is 8.97. The Kier molecular flexibility index (Phi) is 5.66. The first-order valence-electron chi connectivity index (χ1n) is 8.97. The third kappa shape index (κ3) is 4.10. The van der Waals surface area contributed by atoms with E-state index in [0.717, 1.165) is 11.3 Å². The number of halogens is 1. The summed E-state index contributed by atoms with van der Waals surface area (Å²) < 4.78 is 13.0. The molecule has 26 heavy (non-hydrogen) atoms. The van der Waals surface area contributed by atoms with Crippen molar-refractivity contribution in [3.63, 3.8) is 0 Å². The van der Waals surface area contributed by atoms with E-state index in [9.17, 15) is 14.0 Å². The molecule has 2 aromatic carbocycles. The summed E-state index contributed by atoms with van der Waals surface area (Å²) in [6.45, 7) is 3.50. The van der Waals surface area contributed by atoms with Crippen LogP contribution < -0.4 is 4.90 Å². The number of amides is 2. The lowest BCUT2D eigenvalue weighted by Crippen LogP contribution is -2.37. The minimum atomic E-state index is -0.309. The van der Waals surface area contributed by atoms with E-state index >= 15 is 0 Å². The Morgan fingerprint density at radius 2 is 1.85 bits per heavy atom. The highest BCUT2D eigenvalue weighted by Crippen LogP contribution is 2.24. The number of benzene rings is 2. The van der Waals surface area contributed by atoms with Crippen molar-refractivity contribution in [2.75, 3.05) is 24.5 Å². The van der Waals surface area contributed by atoms with E-state index in [4.69, 9.17) is 0 Å². The van der Waals surface area contributed by atoms with Crippen molar-refractivity contribution in [1.82, 2.24) is 4.90 Å². The van der Waals surface area contributed by atoms with E-state index in [0.29, 0.717) is 26.1 Å². The molecular formula is C21H23FN2O2. The van der Waals surface area contributed by atoms with Crippen LogP contribution >= 0.6 is 0 Å². The zero-order valence-corrected chi connectivity index (χ0v) is 14.9. The van der Waals surface area contributed by atoms with E-state index in [1.54, 1.807) is 21.9 Å². The number of likely N-dealkylation sites (tertiary alicyclic amines) is 1. The minimum absolute atomic E-state index is 0.00340. The molecule has 1 atom stereocenters. The average molecular weight is 354 g/mol. The van der Waals surface area contributed by atoms with E-state index in [2.05, 4.69) is 0 Å². The summed E-state index contributed by atoms with van der Waals surface area (Å²) in [6.07, 6.45) is 0.911. The molecule has 1 fully saturated rings. The molecule has 2 amide bonds. The fourth-order valence-corrected chi connectivity index (χ4v) is 3.36. The second kappa shape index (κ2) is 8.13. The van der Waals surface area contributed by atoms with Crippen LogP contribution in [0.2, 0.25) is 0 Å². The summed E-state index contributed by atoms with van der Waals surface area (Å²) in [7, 11) is 0. The summed E-state index contributed by atoms with van der Waals surface area (Å²) in [5.74, 6) is -0.570. The number of rotatable bonds is 6. The van der Waals surface area contributed by atoms with Gasteiger partial charge in [-0.1, -0.05) is 30.3 Å². The molecule has 136 valence electrons. The van der Waals surface area contributed by atoms with E-state index in [1.807, 2.05) is 37.3 Å². The van der Waals surface area contributed by atoms with Crippen molar-refractivity contribution >= 4 is 17.5 Å². The average Bonchev–Trinajstić information content (AvgIpc) is 3.03. The first kappa shape index (κ1) is 18.1. The van der Waals surface area contributed by atoms with Gasteiger partial charge in [0.05, 0.1) is 5.92 Å². The van der Waals surface area contributed by atoms with Crippen molar-refractivity contribution in [3.8, 4) is 0 Å². The third-order valence-electron chi connectivity index (χ3n) is 4.80. The van der Waals surface area contributed by atoms with Crippen LogP contribution in [0.1, 0.15) is 18.9 Å². The second-order valence-electron chi connectivity index (χ2n) is 6.54. The van der Waals surface area contributed by atoms with E-state index < -0.39 is 0 Å². The molecule has 5 heteroatoms. The van der Waals surface area contributed by atoms with Gasteiger partial charge >= 0.3 is 0 Å². The van der Waals surface area contributed by atoms with Crippen molar-refractivity contribution < 1.29 is 14.0 Å². The largest absolute Gasteiger partial charge is 0.342 e. The molecule has 4 nitrogen and oxygen atoms in total. The summed E-state index contributed by atoms with van der Waals surface area (Å²) >= 11 is 0. The van der Waals surface area contributed by atoms with Crippen molar-refractivity contribution in [1.29, 1.82) is 0 Å². The van der Waals surface area contributed by atoms with Gasteiger partial charge in [-0.05, 0) is 43.2 Å². The maximum Gasteiger partial charge on any atom is 0.232 e.